The standard InChI is InChI=1S/C12H18N4O2S/c13-11(14)5-1-9(2-6-11)19(17,18)10-3-7-12(15,16)8-4-10/h1-10H,13-16H2. The molecule has 8 N–H and O–H groups in total. The zero-order valence-electron chi connectivity index (χ0n) is 10.3. The Kier molecular flexibility index (Phi) is 3.28. The second kappa shape index (κ2) is 4.39. The van der Waals surface area contributed by atoms with Crippen molar-refractivity contribution in [2.24, 2.45) is 22.9 Å². The van der Waals surface area contributed by atoms with E-state index in [-0.39, 0.29) is 0 Å². The van der Waals surface area contributed by atoms with E-state index in [1.807, 2.05) is 0 Å². The smallest absolute Gasteiger partial charge is 0.170 e. The van der Waals surface area contributed by atoms with Gasteiger partial charge in [-0.3, -0.25) is 0 Å². The van der Waals surface area contributed by atoms with Crippen molar-refractivity contribution in [1.82, 2.24) is 0 Å². The minimum absolute atomic E-state index is 0.755. The van der Waals surface area contributed by atoms with Gasteiger partial charge in [0, 0.05) is 0 Å². The first-order valence-corrected chi connectivity index (χ1v) is 7.39. The maximum absolute atomic E-state index is 12.4. The van der Waals surface area contributed by atoms with E-state index in [4.69, 9.17) is 22.9 Å². The number of rotatable bonds is 2. The third-order valence-electron chi connectivity index (χ3n) is 3.06. The molecule has 0 atom stereocenters. The predicted octanol–water partition coefficient (Wildman–Crippen LogP) is -1.38. The molecule has 0 aromatic heterocycles. The molecule has 6 nitrogen and oxygen atoms in total. The molecule has 0 aromatic rings. The Morgan fingerprint density at radius 3 is 1.21 bits per heavy atom. The van der Waals surface area contributed by atoms with Crippen LogP contribution in [0.3, 0.4) is 0 Å². The Hall–Kier alpha value is -1.25. The molecule has 0 heterocycles. The van der Waals surface area contributed by atoms with Gasteiger partial charge in [-0.25, -0.2) is 8.42 Å². The second-order valence-corrected chi connectivity index (χ2v) is 7.22. The Morgan fingerprint density at radius 1 is 0.684 bits per heavy atom. The number of hydrogen-bond acceptors (Lipinski definition) is 6. The predicted molar refractivity (Wildman–Crippen MR) is 75.3 cm³/mol. The molecule has 0 amide bonds. The summed E-state index contributed by atoms with van der Waals surface area (Å²) >= 11 is 0. The van der Waals surface area contributed by atoms with Gasteiger partial charge in [0.05, 0.1) is 10.5 Å². The van der Waals surface area contributed by atoms with Crippen LogP contribution in [0.25, 0.3) is 0 Å². The normalized spacial score (nSPS) is 25.9. The van der Waals surface area contributed by atoms with Crippen LogP contribution in [-0.4, -0.2) is 30.2 Å². The van der Waals surface area contributed by atoms with Crippen molar-refractivity contribution in [2.75, 3.05) is 0 Å². The van der Waals surface area contributed by atoms with Crippen molar-refractivity contribution in [3.63, 3.8) is 0 Å². The van der Waals surface area contributed by atoms with Crippen LogP contribution >= 0.6 is 0 Å². The lowest BCUT2D eigenvalue weighted by Crippen LogP contribution is -2.48. The molecule has 0 spiro atoms. The van der Waals surface area contributed by atoms with Crippen molar-refractivity contribution in [1.29, 1.82) is 0 Å². The van der Waals surface area contributed by atoms with Gasteiger partial charge in [-0.15, -0.1) is 0 Å². The fraction of sp³-hybridized carbons (Fsp3) is 0.333. The second-order valence-electron chi connectivity index (χ2n) is 4.95. The summed E-state index contributed by atoms with van der Waals surface area (Å²) in [6.45, 7) is 0. The third kappa shape index (κ3) is 3.02. The number of nitrogens with two attached hydrogens (primary N) is 4. The van der Waals surface area contributed by atoms with E-state index in [1.54, 1.807) is 0 Å². The van der Waals surface area contributed by atoms with Crippen LogP contribution in [0.2, 0.25) is 0 Å². The molecule has 0 fully saturated rings. The summed E-state index contributed by atoms with van der Waals surface area (Å²) in [4.78, 5) is 0. The first-order valence-electron chi connectivity index (χ1n) is 5.78. The highest BCUT2D eigenvalue weighted by molar-refractivity contribution is 7.93. The van der Waals surface area contributed by atoms with E-state index in [0.29, 0.717) is 0 Å². The zero-order chi connectivity index (χ0) is 14.3. The molecular formula is C12H18N4O2S. The summed E-state index contributed by atoms with van der Waals surface area (Å²) in [6, 6.07) is 0. The lowest BCUT2D eigenvalue weighted by atomic mass is 10.1. The lowest BCUT2D eigenvalue weighted by molar-refractivity contribution is 0.588. The van der Waals surface area contributed by atoms with E-state index in [1.165, 1.54) is 48.6 Å². The van der Waals surface area contributed by atoms with E-state index in [0.717, 1.165) is 0 Å². The summed E-state index contributed by atoms with van der Waals surface area (Å²) in [5.41, 5.74) is 20.4. The molecule has 7 heteroatoms. The molecule has 19 heavy (non-hydrogen) atoms. The molecule has 0 aliphatic heterocycles. The minimum atomic E-state index is -3.45. The SMILES string of the molecule is NC1(N)C=CC(S(=O)(=O)C2C=CC(N)(N)C=C2)C=C1. The van der Waals surface area contributed by atoms with Crippen LogP contribution in [0.4, 0.5) is 0 Å². The van der Waals surface area contributed by atoms with E-state index in [2.05, 4.69) is 0 Å². The molecule has 2 rings (SSSR count). The van der Waals surface area contributed by atoms with Gasteiger partial charge in [0.15, 0.2) is 9.84 Å². The molecule has 0 saturated carbocycles. The minimum Gasteiger partial charge on any atom is -0.307 e. The van der Waals surface area contributed by atoms with Crippen LogP contribution < -0.4 is 22.9 Å². The molecule has 2 aliphatic carbocycles. The summed E-state index contributed by atoms with van der Waals surface area (Å²) in [5, 5.41) is -1.51. The molecule has 104 valence electrons. The van der Waals surface area contributed by atoms with Crippen LogP contribution in [0.5, 0.6) is 0 Å². The Balaban J connectivity index is 2.22. The van der Waals surface area contributed by atoms with E-state index in [9.17, 15) is 8.42 Å². The van der Waals surface area contributed by atoms with Gasteiger partial charge in [0.1, 0.15) is 11.3 Å². The average molecular weight is 282 g/mol. The average Bonchev–Trinajstić information content (AvgIpc) is 2.27. The highest BCUT2D eigenvalue weighted by Gasteiger charge is 2.32. The van der Waals surface area contributed by atoms with Gasteiger partial charge in [-0.05, 0) is 24.3 Å². The highest BCUT2D eigenvalue weighted by atomic mass is 32.2. The number of sulfone groups is 1. The summed E-state index contributed by atoms with van der Waals surface area (Å²) < 4.78 is 24.8. The van der Waals surface area contributed by atoms with Crippen LogP contribution in [-0.2, 0) is 9.84 Å². The molecule has 0 unspecified atom stereocenters. The first-order chi connectivity index (χ1) is 8.62. The largest absolute Gasteiger partial charge is 0.307 e. The molecule has 2 aliphatic rings. The van der Waals surface area contributed by atoms with Gasteiger partial charge in [-0.1, -0.05) is 24.3 Å². The molecule has 0 radical (unpaired) electrons. The monoisotopic (exact) mass is 282 g/mol. The quantitative estimate of drug-likeness (QED) is 0.363. The summed E-state index contributed by atoms with van der Waals surface area (Å²) in [6.07, 6.45) is 11.9. The maximum atomic E-state index is 12.4. The molecule has 0 bridgehead atoms. The third-order valence-corrected chi connectivity index (χ3v) is 5.20. The van der Waals surface area contributed by atoms with Gasteiger partial charge >= 0.3 is 0 Å². The first kappa shape index (κ1) is 14.2. The Labute approximate surface area is 112 Å². The van der Waals surface area contributed by atoms with Crippen LogP contribution in [0, 0.1) is 0 Å². The fourth-order valence-corrected chi connectivity index (χ4v) is 3.46. The van der Waals surface area contributed by atoms with Crippen molar-refractivity contribution >= 4 is 9.84 Å². The van der Waals surface area contributed by atoms with Crippen molar-refractivity contribution < 1.29 is 8.42 Å². The molecular weight excluding hydrogens is 264 g/mol. The van der Waals surface area contributed by atoms with Crippen molar-refractivity contribution in [2.45, 2.75) is 21.8 Å². The van der Waals surface area contributed by atoms with Gasteiger partial charge in [0.2, 0.25) is 0 Å². The van der Waals surface area contributed by atoms with Crippen molar-refractivity contribution in [3.05, 3.63) is 48.6 Å². The van der Waals surface area contributed by atoms with E-state index < -0.39 is 31.7 Å². The van der Waals surface area contributed by atoms with E-state index >= 15 is 0 Å². The van der Waals surface area contributed by atoms with Crippen LogP contribution in [0.1, 0.15) is 0 Å². The van der Waals surface area contributed by atoms with Gasteiger partial charge in [-0.2, -0.15) is 0 Å². The zero-order valence-corrected chi connectivity index (χ0v) is 11.1. The summed E-state index contributed by atoms with van der Waals surface area (Å²) in [7, 11) is -3.45. The van der Waals surface area contributed by atoms with Crippen molar-refractivity contribution in [3.8, 4) is 0 Å². The topological polar surface area (TPSA) is 138 Å². The van der Waals surface area contributed by atoms with Gasteiger partial charge in [0.25, 0.3) is 0 Å². The fourth-order valence-electron chi connectivity index (χ4n) is 1.90. The highest BCUT2D eigenvalue weighted by Crippen LogP contribution is 2.22. The molecule has 0 aromatic carbocycles. The summed E-state index contributed by atoms with van der Waals surface area (Å²) in [5.74, 6) is 0. The maximum Gasteiger partial charge on any atom is 0.170 e. The van der Waals surface area contributed by atoms with Gasteiger partial charge < -0.3 is 22.9 Å². The van der Waals surface area contributed by atoms with Crippen LogP contribution in [0.15, 0.2) is 48.6 Å². The molecule has 0 saturated heterocycles. The Bertz CT molecular complexity index is 507. The number of hydrogen-bond donors (Lipinski definition) is 4. The Morgan fingerprint density at radius 2 is 0.947 bits per heavy atom. The lowest BCUT2D eigenvalue weighted by Gasteiger charge is -2.26.